The summed E-state index contributed by atoms with van der Waals surface area (Å²) in [5, 5.41) is 5.07. The number of nitrogens with two attached hydrogens (primary N) is 1. The van der Waals surface area contributed by atoms with Gasteiger partial charge in [0, 0.05) is 41.2 Å². The third-order valence-corrected chi connectivity index (χ3v) is 4.38. The molecule has 0 fully saturated rings. The van der Waals surface area contributed by atoms with Crippen molar-refractivity contribution in [2.45, 2.75) is 26.3 Å². The summed E-state index contributed by atoms with van der Waals surface area (Å²) in [4.78, 5) is 23.4. The Morgan fingerprint density at radius 2 is 1.93 bits per heavy atom. The van der Waals surface area contributed by atoms with Crippen molar-refractivity contribution in [3.8, 4) is 5.75 Å². The minimum Gasteiger partial charge on any atom is -0.494 e. The number of ether oxygens (including phenoxy) is 1. The maximum Gasteiger partial charge on any atom is 0.271 e. The van der Waals surface area contributed by atoms with Crippen LogP contribution in [-0.2, 0) is 11.3 Å². The second-order valence-electron chi connectivity index (χ2n) is 6.58. The second-order valence-corrected chi connectivity index (χ2v) is 6.58. The van der Waals surface area contributed by atoms with E-state index in [1.54, 1.807) is 30.5 Å². The SMILES string of the molecule is CCCOc1ccc(C(=O)N/N=C/c2cn(CCC(N)=O)c3ccccc23)cc1. The van der Waals surface area contributed by atoms with Gasteiger partial charge < -0.3 is 15.0 Å². The van der Waals surface area contributed by atoms with Crippen LogP contribution in [0, 0.1) is 0 Å². The molecule has 1 heterocycles. The van der Waals surface area contributed by atoms with E-state index in [9.17, 15) is 9.59 Å². The van der Waals surface area contributed by atoms with Crippen LogP contribution in [0.2, 0.25) is 0 Å². The zero-order chi connectivity index (χ0) is 20.6. The highest BCUT2D eigenvalue weighted by Gasteiger charge is 2.08. The van der Waals surface area contributed by atoms with Crippen molar-refractivity contribution in [1.29, 1.82) is 0 Å². The standard InChI is InChI=1S/C22H24N4O3/c1-2-13-29-18-9-7-16(8-10-18)22(28)25-24-14-17-15-26(12-11-21(23)27)20-6-4-3-5-19(17)20/h3-10,14-15H,2,11-13H2,1H3,(H2,23,27)(H,25,28)/b24-14+. The molecule has 3 N–H and O–H groups in total. The van der Waals surface area contributed by atoms with Gasteiger partial charge >= 0.3 is 0 Å². The van der Waals surface area contributed by atoms with Gasteiger partial charge in [-0.2, -0.15) is 5.10 Å². The maximum absolute atomic E-state index is 12.3. The van der Waals surface area contributed by atoms with E-state index in [4.69, 9.17) is 10.5 Å². The normalized spacial score (nSPS) is 11.1. The van der Waals surface area contributed by atoms with Crippen molar-refractivity contribution in [3.05, 3.63) is 65.9 Å². The molecule has 150 valence electrons. The Morgan fingerprint density at radius 3 is 2.66 bits per heavy atom. The number of benzene rings is 2. The Morgan fingerprint density at radius 1 is 1.17 bits per heavy atom. The summed E-state index contributed by atoms with van der Waals surface area (Å²) in [6.45, 7) is 3.17. The number of carbonyl (C=O) groups is 2. The van der Waals surface area contributed by atoms with Crippen LogP contribution in [0.4, 0.5) is 0 Å². The number of rotatable bonds is 9. The van der Waals surface area contributed by atoms with Crippen LogP contribution < -0.4 is 15.9 Å². The number of amides is 2. The molecule has 0 saturated carbocycles. The van der Waals surface area contributed by atoms with E-state index in [0.717, 1.165) is 28.6 Å². The number of nitrogens with one attached hydrogen (secondary N) is 1. The summed E-state index contributed by atoms with van der Waals surface area (Å²) in [7, 11) is 0. The number of fused-ring (bicyclic) bond motifs is 1. The first kappa shape index (κ1) is 20.1. The van der Waals surface area contributed by atoms with Gasteiger partial charge in [-0.1, -0.05) is 25.1 Å². The van der Waals surface area contributed by atoms with Crippen molar-refractivity contribution in [2.75, 3.05) is 6.61 Å². The lowest BCUT2D eigenvalue weighted by Gasteiger charge is -2.05. The Bertz CT molecular complexity index is 1020. The van der Waals surface area contributed by atoms with E-state index in [2.05, 4.69) is 10.5 Å². The molecule has 0 radical (unpaired) electrons. The number of para-hydroxylation sites is 1. The van der Waals surface area contributed by atoms with Gasteiger partial charge in [0.2, 0.25) is 5.91 Å². The summed E-state index contributed by atoms with van der Waals surface area (Å²) in [5.74, 6) is 0.0767. The number of hydrazone groups is 1. The molecule has 0 atom stereocenters. The smallest absolute Gasteiger partial charge is 0.271 e. The number of aromatic nitrogens is 1. The summed E-state index contributed by atoms with van der Waals surface area (Å²) in [6, 6.07) is 14.7. The average Bonchev–Trinajstić information content (AvgIpc) is 3.09. The van der Waals surface area contributed by atoms with Crippen molar-refractivity contribution in [2.24, 2.45) is 10.8 Å². The predicted molar refractivity (Wildman–Crippen MR) is 113 cm³/mol. The van der Waals surface area contributed by atoms with Crippen LogP contribution in [0.15, 0.2) is 59.8 Å². The molecule has 7 heteroatoms. The average molecular weight is 392 g/mol. The molecule has 2 amide bonds. The van der Waals surface area contributed by atoms with Crippen molar-refractivity contribution in [1.82, 2.24) is 9.99 Å². The Kier molecular flexibility index (Phi) is 6.63. The summed E-state index contributed by atoms with van der Waals surface area (Å²) < 4.78 is 7.47. The van der Waals surface area contributed by atoms with E-state index < -0.39 is 0 Å². The molecule has 0 bridgehead atoms. The molecule has 0 aliphatic carbocycles. The number of nitrogens with zero attached hydrogens (tertiary/aromatic N) is 2. The second kappa shape index (κ2) is 9.54. The van der Waals surface area contributed by atoms with Crippen molar-refractivity contribution >= 4 is 28.9 Å². The van der Waals surface area contributed by atoms with Gasteiger partial charge in [0.15, 0.2) is 0 Å². The fourth-order valence-electron chi connectivity index (χ4n) is 2.94. The zero-order valence-electron chi connectivity index (χ0n) is 16.3. The van der Waals surface area contributed by atoms with Gasteiger partial charge in [0.05, 0.1) is 12.8 Å². The largest absolute Gasteiger partial charge is 0.494 e. The predicted octanol–water partition coefficient (Wildman–Crippen LogP) is 3.07. The first-order valence-corrected chi connectivity index (χ1v) is 9.51. The highest BCUT2D eigenvalue weighted by molar-refractivity contribution is 6.00. The molecule has 7 nitrogen and oxygen atoms in total. The van der Waals surface area contributed by atoms with E-state index in [-0.39, 0.29) is 18.2 Å². The Labute approximate surface area is 169 Å². The third kappa shape index (κ3) is 5.22. The molecule has 29 heavy (non-hydrogen) atoms. The molecule has 0 spiro atoms. The van der Waals surface area contributed by atoms with Crippen LogP contribution in [0.25, 0.3) is 10.9 Å². The van der Waals surface area contributed by atoms with Gasteiger partial charge in [-0.25, -0.2) is 5.43 Å². The van der Waals surface area contributed by atoms with Crippen LogP contribution >= 0.6 is 0 Å². The number of hydrogen-bond acceptors (Lipinski definition) is 4. The fourth-order valence-corrected chi connectivity index (χ4v) is 2.94. The van der Waals surface area contributed by atoms with Crippen LogP contribution in [0.5, 0.6) is 5.75 Å². The maximum atomic E-state index is 12.3. The molecule has 3 rings (SSSR count). The highest BCUT2D eigenvalue weighted by Crippen LogP contribution is 2.20. The minimum atomic E-state index is -0.351. The molecule has 0 aliphatic rings. The number of hydrogen-bond donors (Lipinski definition) is 2. The quantitative estimate of drug-likeness (QED) is 0.432. The van der Waals surface area contributed by atoms with Gasteiger partial charge in [-0.05, 0) is 36.8 Å². The van der Waals surface area contributed by atoms with Crippen LogP contribution in [0.3, 0.4) is 0 Å². The van der Waals surface area contributed by atoms with Crippen molar-refractivity contribution < 1.29 is 14.3 Å². The molecule has 0 unspecified atom stereocenters. The summed E-state index contributed by atoms with van der Waals surface area (Å²) in [6.07, 6.45) is 4.67. The van der Waals surface area contributed by atoms with Crippen LogP contribution in [0.1, 0.15) is 35.7 Å². The molecule has 1 aromatic heterocycles. The molecule has 0 aliphatic heterocycles. The number of carbonyl (C=O) groups excluding carboxylic acids is 2. The van der Waals surface area contributed by atoms with Gasteiger partial charge in [0.1, 0.15) is 5.75 Å². The lowest BCUT2D eigenvalue weighted by Crippen LogP contribution is -2.17. The lowest BCUT2D eigenvalue weighted by molar-refractivity contribution is -0.118. The highest BCUT2D eigenvalue weighted by atomic mass is 16.5. The Hall–Kier alpha value is -3.61. The van der Waals surface area contributed by atoms with Gasteiger partial charge in [-0.15, -0.1) is 0 Å². The van der Waals surface area contributed by atoms with E-state index in [1.807, 2.05) is 42.0 Å². The van der Waals surface area contributed by atoms with E-state index in [1.165, 1.54) is 0 Å². The lowest BCUT2D eigenvalue weighted by atomic mass is 10.2. The molecular formula is C22H24N4O3. The summed E-state index contributed by atoms with van der Waals surface area (Å²) >= 11 is 0. The zero-order valence-corrected chi connectivity index (χ0v) is 16.3. The van der Waals surface area contributed by atoms with Crippen LogP contribution in [-0.4, -0.2) is 29.2 Å². The van der Waals surface area contributed by atoms with Gasteiger partial charge in [-0.3, -0.25) is 9.59 Å². The molecule has 2 aromatic carbocycles. The Balaban J connectivity index is 1.69. The number of primary amides is 1. The fraction of sp³-hybridized carbons (Fsp3) is 0.227. The number of aryl methyl sites for hydroxylation is 1. The first-order valence-electron chi connectivity index (χ1n) is 9.51. The van der Waals surface area contributed by atoms with Gasteiger partial charge in [0.25, 0.3) is 5.91 Å². The summed E-state index contributed by atoms with van der Waals surface area (Å²) in [5.41, 5.74) is 10.1. The topological polar surface area (TPSA) is 98.7 Å². The molecule has 3 aromatic rings. The van der Waals surface area contributed by atoms with E-state index in [0.29, 0.717) is 18.7 Å². The molecule has 0 saturated heterocycles. The first-order chi connectivity index (χ1) is 14.1. The minimum absolute atomic E-state index is 0.254. The third-order valence-electron chi connectivity index (χ3n) is 4.38. The van der Waals surface area contributed by atoms with E-state index >= 15 is 0 Å². The van der Waals surface area contributed by atoms with Crippen molar-refractivity contribution in [3.63, 3.8) is 0 Å². The monoisotopic (exact) mass is 392 g/mol. The molecular weight excluding hydrogens is 368 g/mol.